The average Bonchev–Trinajstić information content (AvgIpc) is 3.32. The smallest absolute Gasteiger partial charge is 0.167 e. The van der Waals surface area contributed by atoms with Crippen LogP contribution >= 0.6 is 0 Å². The third-order valence-electron chi connectivity index (χ3n) is 5.00. The Balaban J connectivity index is 1.62. The van der Waals surface area contributed by atoms with E-state index in [1.807, 2.05) is 0 Å². The summed E-state index contributed by atoms with van der Waals surface area (Å²) in [5.74, 6) is 0.692. The Morgan fingerprint density at radius 3 is 2.80 bits per heavy atom. The van der Waals surface area contributed by atoms with Crippen molar-refractivity contribution in [3.63, 3.8) is 0 Å². The number of hydrogen-bond donors (Lipinski definition) is 3. The van der Waals surface area contributed by atoms with E-state index in [0.29, 0.717) is 23.0 Å². The molecule has 4 rings (SSSR count). The Bertz CT molecular complexity index is 732. The highest BCUT2D eigenvalue weighted by Crippen LogP contribution is 2.32. The van der Waals surface area contributed by atoms with Crippen LogP contribution in [-0.4, -0.2) is 67.8 Å². The fourth-order valence-electron chi connectivity index (χ4n) is 3.67. The van der Waals surface area contributed by atoms with Gasteiger partial charge in [-0.3, -0.25) is 4.57 Å². The highest BCUT2D eigenvalue weighted by Gasteiger charge is 2.44. The predicted molar refractivity (Wildman–Crippen MR) is 89.0 cm³/mol. The number of methoxy groups -OCH3 is 1. The minimum atomic E-state index is -1.08. The molecule has 2 aromatic heterocycles. The van der Waals surface area contributed by atoms with Crippen molar-refractivity contribution in [1.29, 1.82) is 0 Å². The molecule has 1 saturated carbocycles. The highest BCUT2D eigenvalue weighted by molar-refractivity contribution is 5.82. The summed E-state index contributed by atoms with van der Waals surface area (Å²) in [6, 6.07) is 0.407. The Hall–Kier alpha value is -1.81. The molecule has 0 amide bonds. The second-order valence-electron chi connectivity index (χ2n) is 6.67. The van der Waals surface area contributed by atoms with Crippen LogP contribution in [0.25, 0.3) is 11.2 Å². The van der Waals surface area contributed by atoms with Crippen LogP contribution in [0.4, 0.5) is 5.82 Å². The van der Waals surface area contributed by atoms with Crippen LogP contribution in [0.1, 0.15) is 31.9 Å². The number of fused-ring (bicyclic) bond motifs is 1. The van der Waals surface area contributed by atoms with Gasteiger partial charge in [-0.25, -0.2) is 15.0 Å². The van der Waals surface area contributed by atoms with Gasteiger partial charge in [0.1, 0.15) is 24.6 Å². The topological polar surface area (TPSA) is 115 Å². The number of nitrogens with one attached hydrogen (secondary N) is 1. The quantitative estimate of drug-likeness (QED) is 0.713. The molecule has 3 heterocycles. The van der Waals surface area contributed by atoms with Gasteiger partial charge < -0.3 is 25.0 Å². The van der Waals surface area contributed by atoms with Crippen LogP contribution in [0.5, 0.6) is 0 Å². The molecule has 2 fully saturated rings. The summed E-state index contributed by atoms with van der Waals surface area (Å²) >= 11 is 0. The van der Waals surface area contributed by atoms with Crippen molar-refractivity contribution >= 4 is 17.0 Å². The molecular formula is C16H23N5O4. The number of rotatable bonds is 5. The minimum absolute atomic E-state index is 0.199. The van der Waals surface area contributed by atoms with Crippen LogP contribution in [0.2, 0.25) is 0 Å². The molecule has 1 saturated heterocycles. The van der Waals surface area contributed by atoms with Crippen molar-refractivity contribution in [2.24, 2.45) is 0 Å². The van der Waals surface area contributed by atoms with Gasteiger partial charge in [0.2, 0.25) is 0 Å². The molecule has 0 radical (unpaired) electrons. The lowest BCUT2D eigenvalue weighted by Gasteiger charge is -2.17. The van der Waals surface area contributed by atoms with Gasteiger partial charge in [-0.05, 0) is 12.8 Å². The number of imidazole rings is 1. The molecule has 1 aliphatic heterocycles. The van der Waals surface area contributed by atoms with Crippen LogP contribution < -0.4 is 5.32 Å². The summed E-state index contributed by atoms with van der Waals surface area (Å²) in [5, 5.41) is 23.9. The van der Waals surface area contributed by atoms with Crippen molar-refractivity contribution < 1.29 is 19.7 Å². The van der Waals surface area contributed by atoms with Gasteiger partial charge in [0.25, 0.3) is 0 Å². The van der Waals surface area contributed by atoms with E-state index >= 15 is 0 Å². The van der Waals surface area contributed by atoms with Crippen molar-refractivity contribution in [2.75, 3.05) is 19.0 Å². The van der Waals surface area contributed by atoms with E-state index in [1.165, 1.54) is 26.3 Å². The maximum Gasteiger partial charge on any atom is 0.167 e. The molecule has 3 N–H and O–H groups in total. The highest BCUT2D eigenvalue weighted by atomic mass is 16.6. The van der Waals surface area contributed by atoms with Crippen LogP contribution in [-0.2, 0) is 9.47 Å². The summed E-state index contributed by atoms with van der Waals surface area (Å²) in [4.78, 5) is 13.0. The lowest BCUT2D eigenvalue weighted by Crippen LogP contribution is -2.33. The predicted octanol–water partition coefficient (Wildman–Crippen LogP) is 0.446. The van der Waals surface area contributed by atoms with E-state index in [4.69, 9.17) is 9.47 Å². The molecule has 1 aliphatic carbocycles. The largest absolute Gasteiger partial charge is 0.387 e. The molecule has 4 atom stereocenters. The number of anilines is 1. The van der Waals surface area contributed by atoms with E-state index in [2.05, 4.69) is 20.3 Å². The van der Waals surface area contributed by atoms with Gasteiger partial charge in [-0.15, -0.1) is 0 Å². The molecule has 25 heavy (non-hydrogen) atoms. The summed E-state index contributed by atoms with van der Waals surface area (Å²) < 4.78 is 12.4. The van der Waals surface area contributed by atoms with Gasteiger partial charge in [0, 0.05) is 13.2 Å². The number of aliphatic hydroxyl groups excluding tert-OH is 2. The zero-order valence-corrected chi connectivity index (χ0v) is 14.1. The summed E-state index contributed by atoms with van der Waals surface area (Å²) in [5.41, 5.74) is 1.19. The maximum absolute atomic E-state index is 10.3. The third-order valence-corrected chi connectivity index (χ3v) is 5.00. The van der Waals surface area contributed by atoms with Crippen LogP contribution in [0.15, 0.2) is 12.7 Å². The Labute approximate surface area is 145 Å². The Kier molecular flexibility index (Phi) is 4.55. The molecule has 9 heteroatoms. The number of hydrogen-bond acceptors (Lipinski definition) is 8. The molecule has 0 spiro atoms. The van der Waals surface area contributed by atoms with Gasteiger partial charge in [-0.2, -0.15) is 0 Å². The maximum atomic E-state index is 10.3. The van der Waals surface area contributed by atoms with Gasteiger partial charge in [0.05, 0.1) is 12.9 Å². The van der Waals surface area contributed by atoms with E-state index < -0.39 is 24.5 Å². The first kappa shape index (κ1) is 16.6. The molecule has 2 aliphatic rings. The molecule has 2 aromatic rings. The Morgan fingerprint density at radius 1 is 1.24 bits per heavy atom. The molecule has 0 bridgehead atoms. The molecule has 0 aromatic carbocycles. The zero-order chi connectivity index (χ0) is 17.4. The number of ether oxygens (including phenoxy) is 2. The molecule has 0 unspecified atom stereocenters. The van der Waals surface area contributed by atoms with E-state index in [0.717, 1.165) is 12.8 Å². The standard InChI is InChI=1S/C16H23N5O4/c1-24-6-10-12(22)13(23)16(25-10)21-8-19-11-14(17-7-18-15(11)21)20-9-4-2-3-5-9/h7-10,12-13,16,22-23H,2-6H2,1H3,(H,17,18,20)/t10-,12-,13-,16-/m1/s1. The Morgan fingerprint density at radius 2 is 2.04 bits per heavy atom. The van der Waals surface area contributed by atoms with E-state index in [-0.39, 0.29) is 6.61 Å². The van der Waals surface area contributed by atoms with E-state index in [1.54, 1.807) is 10.9 Å². The summed E-state index contributed by atoms with van der Waals surface area (Å²) in [6.07, 6.45) is 4.26. The van der Waals surface area contributed by atoms with Crippen molar-refractivity contribution in [3.05, 3.63) is 12.7 Å². The second-order valence-corrected chi connectivity index (χ2v) is 6.67. The summed E-state index contributed by atoms with van der Waals surface area (Å²) in [6.45, 7) is 0.199. The summed E-state index contributed by atoms with van der Waals surface area (Å²) in [7, 11) is 1.52. The first-order valence-corrected chi connectivity index (χ1v) is 8.63. The van der Waals surface area contributed by atoms with Gasteiger partial charge in [0.15, 0.2) is 23.2 Å². The monoisotopic (exact) mass is 349 g/mol. The van der Waals surface area contributed by atoms with Crippen molar-refractivity contribution in [2.45, 2.75) is 56.3 Å². The SMILES string of the molecule is COC[C@H]1O[C@@H](n2cnc3c(NC4CCCC4)ncnc32)[C@H](O)[C@@H]1O. The lowest BCUT2D eigenvalue weighted by molar-refractivity contribution is -0.0580. The zero-order valence-electron chi connectivity index (χ0n) is 14.1. The van der Waals surface area contributed by atoms with Crippen molar-refractivity contribution in [1.82, 2.24) is 19.5 Å². The second kappa shape index (κ2) is 6.83. The number of aliphatic hydroxyl groups is 2. The van der Waals surface area contributed by atoms with E-state index in [9.17, 15) is 10.2 Å². The average molecular weight is 349 g/mol. The van der Waals surface area contributed by atoms with Crippen LogP contribution in [0.3, 0.4) is 0 Å². The van der Waals surface area contributed by atoms with Crippen molar-refractivity contribution in [3.8, 4) is 0 Å². The third kappa shape index (κ3) is 2.97. The molecule has 9 nitrogen and oxygen atoms in total. The molecule has 136 valence electrons. The van der Waals surface area contributed by atoms with Gasteiger partial charge >= 0.3 is 0 Å². The first-order chi connectivity index (χ1) is 12.2. The lowest BCUT2D eigenvalue weighted by atomic mass is 10.1. The molecular weight excluding hydrogens is 326 g/mol. The number of nitrogens with zero attached hydrogens (tertiary/aromatic N) is 4. The minimum Gasteiger partial charge on any atom is -0.387 e. The fraction of sp³-hybridized carbons (Fsp3) is 0.688. The normalized spacial score (nSPS) is 30.4. The van der Waals surface area contributed by atoms with Crippen LogP contribution in [0, 0.1) is 0 Å². The fourth-order valence-corrected chi connectivity index (χ4v) is 3.67. The first-order valence-electron chi connectivity index (χ1n) is 8.63. The van der Waals surface area contributed by atoms with Gasteiger partial charge in [-0.1, -0.05) is 12.8 Å². The number of aromatic nitrogens is 4.